The second kappa shape index (κ2) is 5.76. The number of carbonyl (C=O) groups excluding carboxylic acids is 1. The lowest BCUT2D eigenvalue weighted by Gasteiger charge is -2.40. The molecule has 1 saturated heterocycles. The predicted octanol–water partition coefficient (Wildman–Crippen LogP) is 2.16. The Balaban J connectivity index is 1.51. The molecule has 1 aromatic carbocycles. The van der Waals surface area contributed by atoms with E-state index in [1.54, 1.807) is 12.1 Å². The van der Waals surface area contributed by atoms with Gasteiger partial charge in [-0.25, -0.2) is 4.79 Å². The fourth-order valence-electron chi connectivity index (χ4n) is 3.02. The van der Waals surface area contributed by atoms with Gasteiger partial charge in [-0.2, -0.15) is 0 Å². The van der Waals surface area contributed by atoms with Gasteiger partial charge in [0.1, 0.15) is 11.9 Å². The molecular formula is C16H19NO4. The molecule has 21 heavy (non-hydrogen) atoms. The van der Waals surface area contributed by atoms with Crippen molar-refractivity contribution in [2.24, 2.45) is 5.92 Å². The number of carboxylic acids is 1. The van der Waals surface area contributed by atoms with Crippen molar-refractivity contribution in [3.63, 3.8) is 0 Å². The molecule has 2 aliphatic rings. The number of benzene rings is 1. The highest BCUT2D eigenvalue weighted by Gasteiger charge is 2.36. The van der Waals surface area contributed by atoms with E-state index in [1.807, 2.05) is 4.90 Å². The number of ether oxygens (including phenoxy) is 1. The average molecular weight is 289 g/mol. The first-order chi connectivity index (χ1) is 10.1. The number of likely N-dealkylation sites (tertiary alicyclic amines) is 1. The zero-order valence-electron chi connectivity index (χ0n) is 11.8. The zero-order valence-corrected chi connectivity index (χ0v) is 11.8. The van der Waals surface area contributed by atoms with Gasteiger partial charge in [0.15, 0.2) is 0 Å². The van der Waals surface area contributed by atoms with Crippen LogP contribution >= 0.6 is 0 Å². The van der Waals surface area contributed by atoms with Gasteiger partial charge >= 0.3 is 5.97 Å². The largest absolute Gasteiger partial charge is 0.487 e. The molecule has 0 atom stereocenters. The molecule has 3 rings (SSSR count). The molecule has 1 heterocycles. The van der Waals surface area contributed by atoms with Crippen molar-refractivity contribution in [1.29, 1.82) is 0 Å². The van der Waals surface area contributed by atoms with E-state index in [9.17, 15) is 9.59 Å². The number of aromatic carboxylic acids is 1. The number of nitrogens with zero attached hydrogens (tertiary/aromatic N) is 1. The van der Waals surface area contributed by atoms with Crippen molar-refractivity contribution < 1.29 is 19.4 Å². The topological polar surface area (TPSA) is 66.8 Å². The number of hydrogen-bond acceptors (Lipinski definition) is 3. The first-order valence-corrected chi connectivity index (χ1v) is 7.42. The third kappa shape index (κ3) is 3.01. The minimum atomic E-state index is -0.966. The molecule has 1 saturated carbocycles. The van der Waals surface area contributed by atoms with E-state index >= 15 is 0 Å². The third-order valence-electron chi connectivity index (χ3n) is 4.25. The van der Waals surface area contributed by atoms with Gasteiger partial charge in [-0.3, -0.25) is 4.79 Å². The SMILES string of the molecule is O=C(O)c1cccc(OC2CN(C(=O)C3CCCC3)C2)c1. The normalized spacial score (nSPS) is 19.3. The van der Waals surface area contributed by atoms with Crippen molar-refractivity contribution in [3.8, 4) is 5.75 Å². The summed E-state index contributed by atoms with van der Waals surface area (Å²) in [5.41, 5.74) is 0.214. The van der Waals surface area contributed by atoms with Crippen LogP contribution in [0.15, 0.2) is 24.3 Å². The first-order valence-electron chi connectivity index (χ1n) is 7.42. The number of carboxylic acid groups (broad SMARTS) is 1. The molecule has 2 fully saturated rings. The van der Waals surface area contributed by atoms with Crippen LogP contribution in [0.4, 0.5) is 0 Å². The molecule has 5 heteroatoms. The molecule has 1 aliphatic carbocycles. The lowest BCUT2D eigenvalue weighted by atomic mass is 10.0. The Morgan fingerprint density at radius 3 is 2.57 bits per heavy atom. The van der Waals surface area contributed by atoms with Crippen LogP contribution < -0.4 is 4.74 Å². The Kier molecular flexibility index (Phi) is 3.82. The van der Waals surface area contributed by atoms with Gasteiger partial charge < -0.3 is 14.7 Å². The Morgan fingerprint density at radius 2 is 1.90 bits per heavy atom. The smallest absolute Gasteiger partial charge is 0.335 e. The number of hydrogen-bond donors (Lipinski definition) is 1. The third-order valence-corrected chi connectivity index (χ3v) is 4.25. The minimum Gasteiger partial charge on any atom is -0.487 e. The summed E-state index contributed by atoms with van der Waals surface area (Å²) in [6.45, 7) is 1.21. The van der Waals surface area contributed by atoms with E-state index in [-0.39, 0.29) is 23.5 Å². The maximum atomic E-state index is 12.2. The molecule has 5 nitrogen and oxygen atoms in total. The fourth-order valence-corrected chi connectivity index (χ4v) is 3.02. The lowest BCUT2D eigenvalue weighted by molar-refractivity contribution is -0.144. The number of rotatable bonds is 4. The highest BCUT2D eigenvalue weighted by molar-refractivity contribution is 5.88. The fraction of sp³-hybridized carbons (Fsp3) is 0.500. The molecule has 1 N–H and O–H groups in total. The maximum Gasteiger partial charge on any atom is 0.335 e. The van der Waals surface area contributed by atoms with Gasteiger partial charge in [0.05, 0.1) is 18.7 Å². The van der Waals surface area contributed by atoms with Crippen molar-refractivity contribution in [2.75, 3.05) is 13.1 Å². The van der Waals surface area contributed by atoms with Crippen LogP contribution in [-0.4, -0.2) is 41.1 Å². The van der Waals surface area contributed by atoms with Crippen LogP contribution in [-0.2, 0) is 4.79 Å². The van der Waals surface area contributed by atoms with Crippen molar-refractivity contribution in [2.45, 2.75) is 31.8 Å². The first kappa shape index (κ1) is 13.9. The second-order valence-electron chi connectivity index (χ2n) is 5.80. The molecular weight excluding hydrogens is 270 g/mol. The van der Waals surface area contributed by atoms with E-state index < -0.39 is 5.97 Å². The Bertz CT molecular complexity index is 545. The quantitative estimate of drug-likeness (QED) is 0.922. The molecule has 0 spiro atoms. The number of amides is 1. The highest BCUT2D eigenvalue weighted by atomic mass is 16.5. The highest BCUT2D eigenvalue weighted by Crippen LogP contribution is 2.29. The van der Waals surface area contributed by atoms with E-state index in [1.165, 1.54) is 12.1 Å². The summed E-state index contributed by atoms with van der Waals surface area (Å²) in [7, 11) is 0. The lowest BCUT2D eigenvalue weighted by Crippen LogP contribution is -2.57. The van der Waals surface area contributed by atoms with Gasteiger partial charge in [-0.1, -0.05) is 18.9 Å². The van der Waals surface area contributed by atoms with Gasteiger partial charge in [-0.15, -0.1) is 0 Å². The van der Waals surface area contributed by atoms with E-state index in [0.29, 0.717) is 18.8 Å². The molecule has 0 aromatic heterocycles. The molecule has 0 unspecified atom stereocenters. The monoisotopic (exact) mass is 289 g/mol. The van der Waals surface area contributed by atoms with Crippen LogP contribution in [0.1, 0.15) is 36.0 Å². The van der Waals surface area contributed by atoms with E-state index in [4.69, 9.17) is 9.84 Å². The Labute approximate surface area is 123 Å². The van der Waals surface area contributed by atoms with E-state index in [0.717, 1.165) is 25.7 Å². The van der Waals surface area contributed by atoms with Crippen LogP contribution in [0.2, 0.25) is 0 Å². The second-order valence-corrected chi connectivity index (χ2v) is 5.80. The van der Waals surface area contributed by atoms with Gasteiger partial charge in [0.2, 0.25) is 5.91 Å². The summed E-state index contributed by atoms with van der Waals surface area (Å²) in [5, 5.41) is 8.94. The minimum absolute atomic E-state index is 0.0283. The Hall–Kier alpha value is -2.04. The maximum absolute atomic E-state index is 12.2. The molecule has 112 valence electrons. The summed E-state index contributed by atoms with van der Waals surface area (Å²) in [5.74, 6) is 0.0490. The van der Waals surface area contributed by atoms with Crippen LogP contribution in [0, 0.1) is 5.92 Å². The van der Waals surface area contributed by atoms with Crippen LogP contribution in [0.3, 0.4) is 0 Å². The number of carbonyl (C=O) groups is 2. The summed E-state index contributed by atoms with van der Waals surface area (Å²) >= 11 is 0. The van der Waals surface area contributed by atoms with Crippen LogP contribution in [0.25, 0.3) is 0 Å². The predicted molar refractivity (Wildman–Crippen MR) is 76.4 cm³/mol. The van der Waals surface area contributed by atoms with Crippen molar-refractivity contribution >= 4 is 11.9 Å². The van der Waals surface area contributed by atoms with Gasteiger partial charge in [0.25, 0.3) is 0 Å². The average Bonchev–Trinajstić information content (AvgIpc) is 2.96. The van der Waals surface area contributed by atoms with E-state index in [2.05, 4.69) is 0 Å². The summed E-state index contributed by atoms with van der Waals surface area (Å²) < 4.78 is 5.73. The zero-order chi connectivity index (χ0) is 14.8. The summed E-state index contributed by atoms with van der Waals surface area (Å²) in [6, 6.07) is 6.46. The van der Waals surface area contributed by atoms with Crippen molar-refractivity contribution in [3.05, 3.63) is 29.8 Å². The molecule has 1 amide bonds. The molecule has 0 radical (unpaired) electrons. The summed E-state index contributed by atoms with van der Waals surface area (Å²) in [6.07, 6.45) is 4.32. The molecule has 0 bridgehead atoms. The standard InChI is InChI=1S/C16H19NO4/c18-15(11-4-1-2-5-11)17-9-14(10-17)21-13-7-3-6-12(8-13)16(19)20/h3,6-8,11,14H,1-2,4-5,9-10H2,(H,19,20). The van der Waals surface area contributed by atoms with Gasteiger partial charge in [0, 0.05) is 5.92 Å². The summed E-state index contributed by atoms with van der Waals surface area (Å²) in [4.78, 5) is 24.9. The molecule has 1 aliphatic heterocycles. The Morgan fingerprint density at radius 1 is 1.19 bits per heavy atom. The van der Waals surface area contributed by atoms with Gasteiger partial charge in [-0.05, 0) is 31.0 Å². The van der Waals surface area contributed by atoms with Crippen LogP contribution in [0.5, 0.6) is 5.75 Å². The molecule has 1 aromatic rings. The van der Waals surface area contributed by atoms with Crippen molar-refractivity contribution in [1.82, 2.24) is 4.90 Å².